The lowest BCUT2D eigenvalue weighted by molar-refractivity contribution is -0.122. The fourth-order valence-electron chi connectivity index (χ4n) is 3.35. The Hall–Kier alpha value is -3.16. The van der Waals surface area contributed by atoms with Crippen molar-refractivity contribution in [2.24, 2.45) is 0 Å². The molecule has 1 amide bonds. The van der Waals surface area contributed by atoms with Crippen LogP contribution in [0.25, 0.3) is 10.8 Å². The van der Waals surface area contributed by atoms with Gasteiger partial charge in [-0.1, -0.05) is 59.1 Å². The number of methoxy groups -OCH3 is 1. The number of nitrogens with one attached hydrogen (secondary N) is 2. The monoisotopic (exact) mass is 500 g/mol. The molecular formula is C24H19Cl3N4O2. The van der Waals surface area contributed by atoms with Crippen molar-refractivity contribution in [1.29, 1.82) is 10.5 Å². The van der Waals surface area contributed by atoms with Gasteiger partial charge in [0.2, 0.25) is 5.91 Å². The van der Waals surface area contributed by atoms with E-state index in [1.165, 1.54) is 0 Å². The van der Waals surface area contributed by atoms with Crippen LogP contribution in [0.5, 0.6) is 5.75 Å². The van der Waals surface area contributed by atoms with Gasteiger partial charge in [-0.05, 0) is 35.4 Å². The summed E-state index contributed by atoms with van der Waals surface area (Å²) in [6.45, 7) is 2.37. The van der Waals surface area contributed by atoms with Crippen molar-refractivity contribution < 1.29 is 9.53 Å². The molecule has 0 saturated heterocycles. The summed E-state index contributed by atoms with van der Waals surface area (Å²) in [4.78, 5) is 12.7. The maximum absolute atomic E-state index is 12.7. The molecule has 0 saturated carbocycles. The average molecular weight is 502 g/mol. The van der Waals surface area contributed by atoms with Crippen LogP contribution in [0.3, 0.4) is 0 Å². The summed E-state index contributed by atoms with van der Waals surface area (Å²) in [5.74, 6) is 0.263. The predicted molar refractivity (Wildman–Crippen MR) is 131 cm³/mol. The third-order valence-electron chi connectivity index (χ3n) is 5.24. The molecular weight excluding hydrogens is 483 g/mol. The summed E-state index contributed by atoms with van der Waals surface area (Å²) < 4.78 is 5.25. The van der Waals surface area contributed by atoms with Crippen molar-refractivity contribution >= 4 is 57.2 Å². The second kappa shape index (κ2) is 10.6. The van der Waals surface area contributed by atoms with Crippen LogP contribution in [0.15, 0.2) is 36.4 Å². The van der Waals surface area contributed by atoms with Crippen molar-refractivity contribution in [3.63, 3.8) is 0 Å². The van der Waals surface area contributed by atoms with Gasteiger partial charge in [-0.25, -0.2) is 0 Å². The molecule has 0 aromatic heterocycles. The van der Waals surface area contributed by atoms with E-state index in [-0.39, 0.29) is 56.8 Å². The zero-order chi connectivity index (χ0) is 24.1. The number of anilines is 1. The van der Waals surface area contributed by atoms with Crippen LogP contribution >= 0.6 is 34.8 Å². The number of rotatable bonds is 7. The quantitative estimate of drug-likeness (QED) is 0.311. The lowest BCUT2D eigenvalue weighted by Gasteiger charge is -2.16. The SMILES string of the molecule is COc1ccc2cc(C(C)C(=O)NCCNc3c(Cl)c(Cl)c(C#N)c(Cl)c3C#N)ccc2c1. The minimum Gasteiger partial charge on any atom is -0.497 e. The second-order valence-corrected chi connectivity index (χ2v) is 8.34. The number of carbonyl (C=O) groups is 1. The molecule has 3 rings (SSSR count). The van der Waals surface area contributed by atoms with E-state index in [2.05, 4.69) is 10.6 Å². The highest BCUT2D eigenvalue weighted by atomic mass is 35.5. The lowest BCUT2D eigenvalue weighted by atomic mass is 9.97. The minimum absolute atomic E-state index is 0.0232. The third-order valence-corrected chi connectivity index (χ3v) is 6.47. The summed E-state index contributed by atoms with van der Waals surface area (Å²) in [5, 5.41) is 26.4. The highest BCUT2D eigenvalue weighted by molar-refractivity contribution is 6.46. The zero-order valence-electron chi connectivity index (χ0n) is 17.8. The van der Waals surface area contributed by atoms with Crippen LogP contribution in [0, 0.1) is 22.7 Å². The number of hydrogen-bond acceptors (Lipinski definition) is 5. The fraction of sp³-hybridized carbons (Fsp3) is 0.208. The number of carbonyl (C=O) groups excluding carboxylic acids is 1. The molecule has 3 aromatic carbocycles. The molecule has 3 aromatic rings. The molecule has 0 fully saturated rings. The smallest absolute Gasteiger partial charge is 0.227 e. The Labute approximate surface area is 206 Å². The number of amides is 1. The Morgan fingerprint density at radius 2 is 1.64 bits per heavy atom. The van der Waals surface area contributed by atoms with Gasteiger partial charge < -0.3 is 15.4 Å². The number of hydrogen-bond donors (Lipinski definition) is 2. The first-order valence-electron chi connectivity index (χ1n) is 9.92. The Morgan fingerprint density at radius 3 is 2.30 bits per heavy atom. The topological polar surface area (TPSA) is 97.9 Å². The standard InChI is InChI=1S/C24H19Cl3N4O2/c1-13(14-3-4-16-10-17(33-2)6-5-15(16)9-14)24(32)31-8-7-30-23-19(12-29)20(25)18(11-28)21(26)22(23)27/h3-6,9-10,13,30H,7-8H2,1-2H3,(H,31,32). The Bertz CT molecular complexity index is 1310. The molecule has 33 heavy (non-hydrogen) atoms. The first kappa shape index (κ1) is 24.5. The number of nitriles is 2. The van der Waals surface area contributed by atoms with Crippen LogP contribution in [0.4, 0.5) is 5.69 Å². The highest BCUT2D eigenvalue weighted by Crippen LogP contribution is 2.41. The normalized spacial score (nSPS) is 11.4. The molecule has 0 radical (unpaired) electrons. The van der Waals surface area contributed by atoms with Gasteiger partial charge in [0.05, 0.1) is 44.9 Å². The van der Waals surface area contributed by atoms with Crippen molar-refractivity contribution in [2.75, 3.05) is 25.5 Å². The largest absolute Gasteiger partial charge is 0.497 e. The number of benzene rings is 3. The molecule has 0 bridgehead atoms. The molecule has 9 heteroatoms. The van der Waals surface area contributed by atoms with Crippen LogP contribution in [0.2, 0.25) is 15.1 Å². The molecule has 0 aliphatic carbocycles. The minimum atomic E-state index is -0.367. The molecule has 1 atom stereocenters. The molecule has 0 spiro atoms. The van der Waals surface area contributed by atoms with Crippen LogP contribution < -0.4 is 15.4 Å². The first-order valence-corrected chi connectivity index (χ1v) is 11.1. The summed E-state index contributed by atoms with van der Waals surface area (Å²) in [7, 11) is 1.62. The summed E-state index contributed by atoms with van der Waals surface area (Å²) >= 11 is 18.4. The Kier molecular flexibility index (Phi) is 7.89. The van der Waals surface area contributed by atoms with E-state index >= 15 is 0 Å². The van der Waals surface area contributed by atoms with Gasteiger partial charge in [0.1, 0.15) is 17.9 Å². The van der Waals surface area contributed by atoms with E-state index < -0.39 is 0 Å². The molecule has 168 valence electrons. The highest BCUT2D eigenvalue weighted by Gasteiger charge is 2.21. The molecule has 1 unspecified atom stereocenters. The lowest BCUT2D eigenvalue weighted by Crippen LogP contribution is -2.32. The van der Waals surface area contributed by atoms with E-state index in [0.29, 0.717) is 0 Å². The summed E-state index contributed by atoms with van der Waals surface area (Å²) in [6.07, 6.45) is 0. The van der Waals surface area contributed by atoms with E-state index in [1.807, 2.05) is 55.5 Å². The number of halogens is 3. The molecule has 0 aliphatic heterocycles. The first-order chi connectivity index (χ1) is 15.8. The van der Waals surface area contributed by atoms with E-state index in [9.17, 15) is 15.3 Å². The maximum Gasteiger partial charge on any atom is 0.227 e. The molecule has 6 nitrogen and oxygen atoms in total. The van der Waals surface area contributed by atoms with Gasteiger partial charge in [-0.15, -0.1) is 0 Å². The molecule has 0 heterocycles. The van der Waals surface area contributed by atoms with Crippen molar-refractivity contribution in [3.05, 3.63) is 68.2 Å². The summed E-state index contributed by atoms with van der Waals surface area (Å²) in [5.41, 5.74) is 1.08. The van der Waals surface area contributed by atoms with Gasteiger partial charge in [0, 0.05) is 13.1 Å². The van der Waals surface area contributed by atoms with Crippen LogP contribution in [-0.4, -0.2) is 26.1 Å². The predicted octanol–water partition coefficient (Wildman–Crippen LogP) is 5.88. The van der Waals surface area contributed by atoms with Crippen molar-refractivity contribution in [1.82, 2.24) is 5.32 Å². The third kappa shape index (κ3) is 5.10. The number of nitrogens with zero attached hydrogens (tertiary/aromatic N) is 2. The van der Waals surface area contributed by atoms with Crippen molar-refractivity contribution in [3.8, 4) is 17.9 Å². The van der Waals surface area contributed by atoms with E-state index in [1.54, 1.807) is 7.11 Å². The Morgan fingerprint density at radius 1 is 0.970 bits per heavy atom. The zero-order valence-corrected chi connectivity index (χ0v) is 20.1. The Balaban J connectivity index is 1.65. The number of ether oxygens (including phenoxy) is 1. The van der Waals surface area contributed by atoms with Gasteiger partial charge >= 0.3 is 0 Å². The van der Waals surface area contributed by atoms with Crippen LogP contribution in [0.1, 0.15) is 29.5 Å². The van der Waals surface area contributed by atoms with Gasteiger partial charge in [0.15, 0.2) is 0 Å². The maximum atomic E-state index is 12.7. The fourth-order valence-corrected chi connectivity index (χ4v) is 4.15. The average Bonchev–Trinajstić information content (AvgIpc) is 2.83. The molecule has 0 aliphatic rings. The summed E-state index contributed by atoms with van der Waals surface area (Å²) in [6, 6.07) is 15.4. The van der Waals surface area contributed by atoms with Gasteiger partial charge in [0.25, 0.3) is 0 Å². The van der Waals surface area contributed by atoms with Gasteiger partial charge in [-0.2, -0.15) is 10.5 Å². The second-order valence-electron chi connectivity index (χ2n) is 7.20. The van der Waals surface area contributed by atoms with E-state index in [4.69, 9.17) is 39.5 Å². The number of fused-ring (bicyclic) bond motifs is 1. The van der Waals surface area contributed by atoms with Crippen molar-refractivity contribution in [2.45, 2.75) is 12.8 Å². The van der Waals surface area contributed by atoms with Crippen LogP contribution in [-0.2, 0) is 4.79 Å². The molecule has 2 N–H and O–H groups in total. The van der Waals surface area contributed by atoms with Gasteiger partial charge in [-0.3, -0.25) is 4.79 Å². The van der Waals surface area contributed by atoms with E-state index in [0.717, 1.165) is 22.1 Å².